The van der Waals surface area contributed by atoms with E-state index in [4.69, 9.17) is 23.2 Å². The number of anilines is 1. The van der Waals surface area contributed by atoms with Gasteiger partial charge in [-0.1, -0.05) is 29.3 Å². The first kappa shape index (κ1) is 18.2. The van der Waals surface area contributed by atoms with Gasteiger partial charge in [0.1, 0.15) is 5.57 Å². The molecule has 1 aromatic carbocycles. The van der Waals surface area contributed by atoms with Crippen LogP contribution < -0.4 is 10.2 Å². The maximum atomic E-state index is 12.9. The van der Waals surface area contributed by atoms with Gasteiger partial charge in [0.25, 0.3) is 11.8 Å². The summed E-state index contributed by atoms with van der Waals surface area (Å²) in [5.74, 6) is -1.51. The number of aromatic nitrogens is 1. The van der Waals surface area contributed by atoms with Gasteiger partial charge in [-0.05, 0) is 43.7 Å². The minimum absolute atomic E-state index is 0.0538. The fourth-order valence-corrected chi connectivity index (χ4v) is 3.11. The monoisotopic (exact) mass is 391 g/mol. The Labute approximate surface area is 160 Å². The molecular formula is C18H15Cl2N3O3. The van der Waals surface area contributed by atoms with Crippen LogP contribution in [0, 0.1) is 13.8 Å². The molecule has 4 amide bonds. The highest BCUT2D eigenvalue weighted by Crippen LogP contribution is 2.34. The predicted octanol–water partition coefficient (Wildman–Crippen LogP) is 3.62. The average Bonchev–Trinajstić information content (AvgIpc) is 2.82. The highest BCUT2D eigenvalue weighted by Gasteiger charge is 2.38. The van der Waals surface area contributed by atoms with E-state index in [1.54, 1.807) is 6.07 Å². The number of hydrogen-bond acceptors (Lipinski definition) is 3. The maximum absolute atomic E-state index is 12.9. The molecule has 0 bridgehead atoms. The largest absolute Gasteiger partial charge is 0.352 e. The Morgan fingerprint density at radius 3 is 2.42 bits per heavy atom. The number of benzene rings is 1. The molecule has 134 valence electrons. The average molecular weight is 392 g/mol. The molecule has 1 saturated heterocycles. The summed E-state index contributed by atoms with van der Waals surface area (Å²) in [7, 11) is 1.89. The van der Waals surface area contributed by atoms with Crippen molar-refractivity contribution in [3.63, 3.8) is 0 Å². The first-order valence-electron chi connectivity index (χ1n) is 7.70. The molecule has 0 unspecified atom stereocenters. The summed E-state index contributed by atoms with van der Waals surface area (Å²) in [6.45, 7) is 3.79. The molecule has 26 heavy (non-hydrogen) atoms. The van der Waals surface area contributed by atoms with Gasteiger partial charge < -0.3 is 4.57 Å². The maximum Gasteiger partial charge on any atom is 0.336 e. The van der Waals surface area contributed by atoms with E-state index in [1.807, 2.05) is 31.5 Å². The lowest BCUT2D eigenvalue weighted by Crippen LogP contribution is -2.54. The van der Waals surface area contributed by atoms with Crippen molar-refractivity contribution in [1.29, 1.82) is 0 Å². The Morgan fingerprint density at radius 1 is 1.12 bits per heavy atom. The second-order valence-electron chi connectivity index (χ2n) is 5.92. The Morgan fingerprint density at radius 2 is 1.81 bits per heavy atom. The van der Waals surface area contributed by atoms with Crippen LogP contribution in [0.5, 0.6) is 0 Å². The quantitative estimate of drug-likeness (QED) is 0.627. The van der Waals surface area contributed by atoms with Crippen LogP contribution in [-0.2, 0) is 16.6 Å². The van der Waals surface area contributed by atoms with Crippen LogP contribution >= 0.6 is 23.2 Å². The molecule has 8 heteroatoms. The van der Waals surface area contributed by atoms with Crippen LogP contribution in [0.3, 0.4) is 0 Å². The van der Waals surface area contributed by atoms with Crippen molar-refractivity contribution >= 4 is 52.8 Å². The van der Waals surface area contributed by atoms with Gasteiger partial charge in [-0.15, -0.1) is 0 Å². The third-order valence-electron chi connectivity index (χ3n) is 4.39. The summed E-state index contributed by atoms with van der Waals surface area (Å²) in [4.78, 5) is 38.2. The second kappa shape index (κ2) is 6.63. The summed E-state index contributed by atoms with van der Waals surface area (Å²) in [6.07, 6.45) is 1.47. The SMILES string of the molecule is Cc1cc(C=C2C(=O)NC(=O)N(c3cccc(Cl)c3Cl)C2=O)c(C)n1C. The van der Waals surface area contributed by atoms with Gasteiger partial charge >= 0.3 is 6.03 Å². The zero-order valence-electron chi connectivity index (χ0n) is 14.3. The molecule has 3 rings (SSSR count). The smallest absolute Gasteiger partial charge is 0.336 e. The van der Waals surface area contributed by atoms with Gasteiger partial charge in [-0.25, -0.2) is 9.69 Å². The third-order valence-corrected chi connectivity index (χ3v) is 5.20. The van der Waals surface area contributed by atoms with E-state index in [1.165, 1.54) is 18.2 Å². The molecule has 0 aliphatic carbocycles. The number of hydrogen-bond donors (Lipinski definition) is 1. The summed E-state index contributed by atoms with van der Waals surface area (Å²) < 4.78 is 1.94. The van der Waals surface area contributed by atoms with Crippen LogP contribution in [0.2, 0.25) is 10.0 Å². The number of halogens is 2. The fourth-order valence-electron chi connectivity index (χ4n) is 2.73. The summed E-state index contributed by atoms with van der Waals surface area (Å²) in [5.41, 5.74) is 2.54. The molecule has 1 N–H and O–H groups in total. The number of rotatable bonds is 2. The fraction of sp³-hybridized carbons (Fsp3) is 0.167. The Hall–Kier alpha value is -2.57. The van der Waals surface area contributed by atoms with Gasteiger partial charge in [0, 0.05) is 18.4 Å². The van der Waals surface area contributed by atoms with E-state index in [-0.39, 0.29) is 21.3 Å². The molecule has 6 nitrogen and oxygen atoms in total. The predicted molar refractivity (Wildman–Crippen MR) is 100 cm³/mol. The number of barbiturate groups is 1. The number of nitrogens with zero attached hydrogens (tertiary/aromatic N) is 2. The molecule has 0 radical (unpaired) electrons. The summed E-state index contributed by atoms with van der Waals surface area (Å²) in [5, 5.41) is 2.42. The van der Waals surface area contributed by atoms with Crippen LogP contribution in [0.15, 0.2) is 29.8 Å². The van der Waals surface area contributed by atoms with E-state index < -0.39 is 17.8 Å². The molecule has 1 aliphatic rings. The minimum atomic E-state index is -0.873. The van der Waals surface area contributed by atoms with E-state index in [0.29, 0.717) is 0 Å². The van der Waals surface area contributed by atoms with Crippen molar-refractivity contribution in [2.75, 3.05) is 4.90 Å². The molecule has 0 atom stereocenters. The Bertz CT molecular complexity index is 992. The van der Waals surface area contributed by atoms with Crippen molar-refractivity contribution in [3.05, 3.63) is 56.8 Å². The lowest BCUT2D eigenvalue weighted by atomic mass is 10.1. The summed E-state index contributed by atoms with van der Waals surface area (Å²) in [6, 6.07) is 5.57. The number of aryl methyl sites for hydroxylation is 1. The van der Waals surface area contributed by atoms with Crippen molar-refractivity contribution in [3.8, 4) is 0 Å². The van der Waals surface area contributed by atoms with Crippen LogP contribution in [0.25, 0.3) is 6.08 Å². The van der Waals surface area contributed by atoms with Gasteiger partial charge in [-0.2, -0.15) is 0 Å². The number of urea groups is 1. The number of amides is 4. The number of carbonyl (C=O) groups excluding carboxylic acids is 3. The lowest BCUT2D eigenvalue weighted by Gasteiger charge is -2.27. The number of nitrogens with one attached hydrogen (secondary N) is 1. The Balaban J connectivity index is 2.10. The van der Waals surface area contributed by atoms with E-state index in [9.17, 15) is 14.4 Å². The van der Waals surface area contributed by atoms with E-state index >= 15 is 0 Å². The lowest BCUT2D eigenvalue weighted by molar-refractivity contribution is -0.122. The van der Waals surface area contributed by atoms with Gasteiger partial charge in [-0.3, -0.25) is 14.9 Å². The van der Waals surface area contributed by atoms with E-state index in [0.717, 1.165) is 21.9 Å². The first-order chi connectivity index (χ1) is 12.2. The highest BCUT2D eigenvalue weighted by atomic mass is 35.5. The molecule has 2 aromatic rings. The topological polar surface area (TPSA) is 71.4 Å². The van der Waals surface area contributed by atoms with Crippen molar-refractivity contribution < 1.29 is 14.4 Å². The van der Waals surface area contributed by atoms with Gasteiger partial charge in [0.05, 0.1) is 15.7 Å². The van der Waals surface area contributed by atoms with Crippen LogP contribution in [0.4, 0.5) is 10.5 Å². The zero-order chi connectivity index (χ0) is 19.2. The van der Waals surface area contributed by atoms with Crippen molar-refractivity contribution in [2.24, 2.45) is 7.05 Å². The van der Waals surface area contributed by atoms with Crippen molar-refractivity contribution in [2.45, 2.75) is 13.8 Å². The minimum Gasteiger partial charge on any atom is -0.352 e. The first-order valence-corrected chi connectivity index (χ1v) is 8.46. The third kappa shape index (κ3) is 2.91. The summed E-state index contributed by atoms with van der Waals surface area (Å²) >= 11 is 12.1. The highest BCUT2D eigenvalue weighted by molar-refractivity contribution is 6.46. The molecule has 1 fully saturated rings. The molecule has 0 saturated carbocycles. The normalized spacial score (nSPS) is 16.4. The van der Waals surface area contributed by atoms with Gasteiger partial charge in [0.15, 0.2) is 0 Å². The van der Waals surface area contributed by atoms with E-state index in [2.05, 4.69) is 5.32 Å². The van der Waals surface area contributed by atoms with Gasteiger partial charge in [0.2, 0.25) is 0 Å². The number of carbonyl (C=O) groups is 3. The standard InChI is InChI=1S/C18H15Cl2N3O3/c1-9-7-11(10(2)22(9)3)8-12-16(24)21-18(26)23(17(12)25)14-6-4-5-13(19)15(14)20/h4-8H,1-3H3,(H,21,24,26). The Kier molecular flexibility index (Phi) is 4.64. The van der Waals surface area contributed by atoms with Crippen LogP contribution in [-0.4, -0.2) is 22.4 Å². The van der Waals surface area contributed by atoms with Crippen molar-refractivity contribution in [1.82, 2.24) is 9.88 Å². The molecule has 0 spiro atoms. The molecule has 1 aromatic heterocycles. The molecular weight excluding hydrogens is 377 g/mol. The van der Waals surface area contributed by atoms with Crippen LogP contribution in [0.1, 0.15) is 17.0 Å². The number of imide groups is 2. The zero-order valence-corrected chi connectivity index (χ0v) is 15.8. The molecule has 2 heterocycles. The second-order valence-corrected chi connectivity index (χ2v) is 6.70. The molecule has 1 aliphatic heterocycles.